The number of hydrogen-bond donors (Lipinski definition) is 2. The first-order valence-electron chi connectivity index (χ1n) is 12.4. The fourth-order valence-electron chi connectivity index (χ4n) is 5.02. The highest BCUT2D eigenvalue weighted by molar-refractivity contribution is 7.93. The fraction of sp³-hybridized carbons (Fsp3) is 0.222. The minimum absolute atomic E-state index is 0.000987. The zero-order chi connectivity index (χ0) is 27.0. The molecule has 3 aromatic carbocycles. The maximum atomic E-state index is 15.1. The first-order valence-corrected chi connectivity index (χ1v) is 14.6. The third kappa shape index (κ3) is 5.22. The molecule has 0 amide bonds. The highest BCUT2D eigenvalue weighted by atomic mass is 32.2. The van der Waals surface area contributed by atoms with Gasteiger partial charge in [-0.05, 0) is 41.5 Å². The molecule has 2 heterocycles. The summed E-state index contributed by atoms with van der Waals surface area (Å²) in [4.78, 5) is 16.0. The van der Waals surface area contributed by atoms with E-state index in [-0.39, 0.29) is 28.8 Å². The van der Waals surface area contributed by atoms with Crippen LogP contribution in [0.1, 0.15) is 28.7 Å². The van der Waals surface area contributed by atoms with E-state index < -0.39 is 26.5 Å². The summed E-state index contributed by atoms with van der Waals surface area (Å²) in [5, 5.41) is 3.64. The quantitative estimate of drug-likeness (QED) is 0.291. The van der Waals surface area contributed by atoms with Crippen molar-refractivity contribution < 1.29 is 17.2 Å². The second kappa shape index (κ2) is 10.4. The lowest BCUT2D eigenvalue weighted by atomic mass is 9.85. The number of aryl methyl sites for hydroxylation is 1. The molecule has 0 saturated carbocycles. The highest BCUT2D eigenvalue weighted by Crippen LogP contribution is 2.28. The summed E-state index contributed by atoms with van der Waals surface area (Å²) in [7, 11) is -4.31. The van der Waals surface area contributed by atoms with E-state index in [1.54, 1.807) is 0 Å². The van der Waals surface area contributed by atoms with Crippen molar-refractivity contribution in [2.24, 2.45) is 0 Å². The van der Waals surface area contributed by atoms with Gasteiger partial charge in [-0.1, -0.05) is 48.5 Å². The predicted octanol–water partition coefficient (Wildman–Crippen LogP) is 4.08. The van der Waals surface area contributed by atoms with E-state index >= 15 is 4.39 Å². The van der Waals surface area contributed by atoms with Gasteiger partial charge in [0.25, 0.3) is 10.0 Å². The highest BCUT2D eigenvalue weighted by Gasteiger charge is 2.25. The third-order valence-electron chi connectivity index (χ3n) is 6.94. The molecular formula is C27H24FN5O4S2. The van der Waals surface area contributed by atoms with Crippen LogP contribution in [0.4, 0.5) is 9.52 Å². The molecule has 1 aliphatic rings. The van der Waals surface area contributed by atoms with E-state index in [1.165, 1.54) is 22.0 Å². The summed E-state index contributed by atoms with van der Waals surface area (Å²) in [6.45, 7) is 0.947. The lowest BCUT2D eigenvalue weighted by Gasteiger charge is -2.27. The van der Waals surface area contributed by atoms with Gasteiger partial charge in [-0.15, -0.1) is 0 Å². The van der Waals surface area contributed by atoms with Crippen molar-refractivity contribution in [3.05, 3.63) is 106 Å². The van der Waals surface area contributed by atoms with Crippen LogP contribution < -0.4 is 15.8 Å². The van der Waals surface area contributed by atoms with Gasteiger partial charge in [0.15, 0.2) is 5.58 Å². The fourth-order valence-corrected chi connectivity index (χ4v) is 6.76. The number of halogens is 1. The van der Waals surface area contributed by atoms with Crippen molar-refractivity contribution in [1.82, 2.24) is 19.2 Å². The lowest BCUT2D eigenvalue weighted by Crippen LogP contribution is -2.34. The van der Waals surface area contributed by atoms with E-state index in [0.717, 1.165) is 60.6 Å². The number of nitrogens with one attached hydrogen (secondary N) is 2. The molecule has 0 spiro atoms. The van der Waals surface area contributed by atoms with Crippen LogP contribution in [0.5, 0.6) is 0 Å². The minimum Gasteiger partial charge on any atom is -0.408 e. The molecule has 9 nitrogen and oxygen atoms in total. The van der Waals surface area contributed by atoms with Crippen LogP contribution >= 0.6 is 11.5 Å². The van der Waals surface area contributed by atoms with E-state index in [9.17, 15) is 13.2 Å². The molecule has 5 aromatic rings. The van der Waals surface area contributed by atoms with E-state index in [2.05, 4.69) is 37.6 Å². The maximum Gasteiger partial charge on any atom is 0.420 e. The number of rotatable bonds is 8. The predicted molar refractivity (Wildman–Crippen MR) is 146 cm³/mol. The van der Waals surface area contributed by atoms with Gasteiger partial charge in [0.05, 0.1) is 12.1 Å². The number of aromatic nitrogens is 3. The molecule has 2 N–H and O–H groups in total. The van der Waals surface area contributed by atoms with Crippen LogP contribution in [0.2, 0.25) is 0 Å². The Bertz CT molecular complexity index is 1800. The number of benzene rings is 3. The van der Waals surface area contributed by atoms with E-state index in [4.69, 9.17) is 4.42 Å². The van der Waals surface area contributed by atoms with Crippen molar-refractivity contribution in [2.45, 2.75) is 43.3 Å². The zero-order valence-corrected chi connectivity index (χ0v) is 22.3. The number of hydrogen-bond acceptors (Lipinski definition) is 8. The zero-order valence-electron chi connectivity index (χ0n) is 20.6. The molecule has 6 rings (SSSR count). The monoisotopic (exact) mass is 565 g/mol. The Morgan fingerprint density at radius 2 is 1.97 bits per heavy atom. The van der Waals surface area contributed by atoms with Crippen molar-refractivity contribution in [1.29, 1.82) is 0 Å². The smallest absolute Gasteiger partial charge is 0.408 e. The molecule has 1 atom stereocenters. The van der Waals surface area contributed by atoms with Gasteiger partial charge in [-0.25, -0.2) is 22.6 Å². The molecule has 12 heteroatoms. The molecule has 1 unspecified atom stereocenters. The molecule has 39 heavy (non-hydrogen) atoms. The standard InChI is InChI=1S/C27H24FN5O4S2/c28-22-12-23-24(13-25(22)39(35,36)32-26-30-16-31-38-26)37-27(34)33(23)15-19-8-4-7-18-9-10-20(11-21(18)19)29-14-17-5-2-1-3-6-17/h1-8,12-13,16,20,29H,9-11,14-15H2,(H,30,31,32). The molecule has 200 valence electrons. The largest absolute Gasteiger partial charge is 0.420 e. The van der Waals surface area contributed by atoms with Crippen LogP contribution in [0.3, 0.4) is 0 Å². The van der Waals surface area contributed by atoms with Gasteiger partial charge in [0.2, 0.25) is 5.13 Å². The van der Waals surface area contributed by atoms with Gasteiger partial charge in [0.1, 0.15) is 17.0 Å². The molecule has 0 fully saturated rings. The summed E-state index contributed by atoms with van der Waals surface area (Å²) in [5.74, 6) is -1.70. The number of sulfonamides is 1. The van der Waals surface area contributed by atoms with E-state index in [0.29, 0.717) is 0 Å². The summed E-state index contributed by atoms with van der Waals surface area (Å²) >= 11 is 0.819. The summed E-state index contributed by atoms with van der Waals surface area (Å²) < 4.78 is 53.2. The maximum absolute atomic E-state index is 15.1. The lowest BCUT2D eigenvalue weighted by molar-refractivity contribution is 0.454. The Balaban J connectivity index is 1.27. The molecule has 0 bridgehead atoms. The van der Waals surface area contributed by atoms with Crippen molar-refractivity contribution in [3.8, 4) is 0 Å². The summed E-state index contributed by atoms with van der Waals surface area (Å²) in [6.07, 6.45) is 3.90. The average Bonchev–Trinajstić information content (AvgIpc) is 3.54. The number of anilines is 1. The first kappa shape index (κ1) is 25.4. The number of oxazole rings is 1. The first-order chi connectivity index (χ1) is 18.9. The number of fused-ring (bicyclic) bond motifs is 2. The molecule has 0 aliphatic heterocycles. The molecular weight excluding hydrogens is 541 g/mol. The van der Waals surface area contributed by atoms with Crippen molar-refractivity contribution in [3.63, 3.8) is 0 Å². The minimum atomic E-state index is -4.31. The van der Waals surface area contributed by atoms with Crippen LogP contribution in [0.15, 0.2) is 81.1 Å². The molecule has 0 saturated heterocycles. The molecule has 1 aliphatic carbocycles. The normalized spacial score (nSPS) is 15.4. The van der Waals surface area contributed by atoms with Crippen molar-refractivity contribution >= 4 is 37.8 Å². The Morgan fingerprint density at radius 1 is 1.13 bits per heavy atom. The Morgan fingerprint density at radius 3 is 2.77 bits per heavy atom. The second-order valence-corrected chi connectivity index (χ2v) is 11.8. The molecule has 2 aromatic heterocycles. The summed E-state index contributed by atoms with van der Waals surface area (Å²) in [6, 6.07) is 18.6. The van der Waals surface area contributed by atoms with Crippen LogP contribution in [-0.4, -0.2) is 28.4 Å². The van der Waals surface area contributed by atoms with Crippen molar-refractivity contribution in [2.75, 3.05) is 4.72 Å². The summed E-state index contributed by atoms with van der Waals surface area (Å²) in [5.41, 5.74) is 4.71. The van der Waals surface area contributed by atoms with Gasteiger partial charge in [0, 0.05) is 36.3 Å². The molecule has 0 radical (unpaired) electrons. The van der Waals surface area contributed by atoms with Gasteiger partial charge in [-0.3, -0.25) is 9.29 Å². The average molecular weight is 566 g/mol. The SMILES string of the molecule is O=c1oc2cc(S(=O)(=O)Nc3ncns3)c(F)cc2n1Cc1cccc2c1CC(NCc1ccccc1)CC2. The van der Waals surface area contributed by atoms with Crippen LogP contribution in [0, 0.1) is 5.82 Å². The Labute approximate surface area is 227 Å². The third-order valence-corrected chi connectivity index (χ3v) is 9.01. The van der Waals surface area contributed by atoms with Crippen LogP contribution in [-0.2, 0) is 36.0 Å². The van der Waals surface area contributed by atoms with Crippen LogP contribution in [0.25, 0.3) is 11.1 Å². The Kier molecular flexibility index (Phi) is 6.75. The Hall–Kier alpha value is -3.87. The van der Waals surface area contributed by atoms with Gasteiger partial charge >= 0.3 is 5.76 Å². The second-order valence-electron chi connectivity index (χ2n) is 9.42. The van der Waals surface area contributed by atoms with E-state index in [1.807, 2.05) is 30.3 Å². The topological polar surface area (TPSA) is 119 Å². The number of nitrogens with zero attached hydrogens (tertiary/aromatic N) is 3. The van der Waals surface area contributed by atoms with Gasteiger partial charge < -0.3 is 9.73 Å². The van der Waals surface area contributed by atoms with Gasteiger partial charge in [-0.2, -0.15) is 4.37 Å².